The van der Waals surface area contributed by atoms with Crippen molar-refractivity contribution in [2.75, 3.05) is 53.5 Å². The van der Waals surface area contributed by atoms with Crippen LogP contribution in [0.1, 0.15) is 13.8 Å². The van der Waals surface area contributed by atoms with Crippen molar-refractivity contribution in [2.45, 2.75) is 19.9 Å². The van der Waals surface area contributed by atoms with E-state index in [1.165, 1.54) is 0 Å². The van der Waals surface area contributed by atoms with E-state index in [4.69, 9.17) is 10.5 Å². The van der Waals surface area contributed by atoms with E-state index >= 15 is 0 Å². The Morgan fingerprint density at radius 3 is 2.62 bits per heavy atom. The first kappa shape index (κ1) is 13.9. The first-order chi connectivity index (χ1) is 7.48. The highest BCUT2D eigenvalue weighted by Crippen LogP contribution is 2.23. The molecule has 0 saturated carbocycles. The Kier molecular flexibility index (Phi) is 5.18. The topological polar surface area (TPSA) is 41.7 Å². The molecule has 4 nitrogen and oxygen atoms in total. The molecule has 96 valence electrons. The van der Waals surface area contributed by atoms with E-state index < -0.39 is 0 Å². The molecule has 4 heteroatoms. The molecular formula is C12H27N3O. The Hall–Kier alpha value is -0.160. The minimum absolute atomic E-state index is 0.326. The molecule has 0 bridgehead atoms. The number of nitrogens with zero attached hydrogens (tertiary/aromatic N) is 2. The predicted molar refractivity (Wildman–Crippen MR) is 67.6 cm³/mol. The van der Waals surface area contributed by atoms with Crippen LogP contribution in [0.2, 0.25) is 0 Å². The molecule has 1 atom stereocenters. The van der Waals surface area contributed by atoms with Gasteiger partial charge < -0.3 is 15.4 Å². The van der Waals surface area contributed by atoms with Crippen molar-refractivity contribution in [3.63, 3.8) is 0 Å². The average molecular weight is 229 g/mol. The number of methoxy groups -OCH3 is 1. The van der Waals surface area contributed by atoms with Crippen LogP contribution in [0.5, 0.6) is 0 Å². The summed E-state index contributed by atoms with van der Waals surface area (Å²) in [6, 6.07) is 0.471. The van der Waals surface area contributed by atoms with E-state index in [0.29, 0.717) is 11.5 Å². The lowest BCUT2D eigenvalue weighted by atomic mass is 9.93. The Morgan fingerprint density at radius 2 is 2.06 bits per heavy atom. The normalized spacial score (nSPS) is 27.9. The number of rotatable bonds is 4. The van der Waals surface area contributed by atoms with E-state index in [2.05, 4.69) is 30.7 Å². The van der Waals surface area contributed by atoms with E-state index in [0.717, 1.165) is 39.3 Å². The van der Waals surface area contributed by atoms with Crippen molar-refractivity contribution in [3.8, 4) is 0 Å². The van der Waals surface area contributed by atoms with Crippen molar-refractivity contribution in [3.05, 3.63) is 0 Å². The summed E-state index contributed by atoms with van der Waals surface area (Å²) in [6.07, 6.45) is 0. The minimum atomic E-state index is 0.326. The van der Waals surface area contributed by atoms with Gasteiger partial charge in [-0.15, -0.1) is 0 Å². The number of hydrogen-bond donors (Lipinski definition) is 1. The molecule has 0 spiro atoms. The van der Waals surface area contributed by atoms with Gasteiger partial charge in [-0.3, -0.25) is 4.90 Å². The highest BCUT2D eigenvalue weighted by atomic mass is 16.5. The van der Waals surface area contributed by atoms with Crippen molar-refractivity contribution in [1.82, 2.24) is 9.80 Å². The zero-order valence-corrected chi connectivity index (χ0v) is 11.2. The summed E-state index contributed by atoms with van der Waals surface area (Å²) in [5.74, 6) is 0. The molecule has 1 aliphatic heterocycles. The summed E-state index contributed by atoms with van der Waals surface area (Å²) in [4.78, 5) is 4.87. The molecule has 2 N–H and O–H groups in total. The quantitative estimate of drug-likeness (QED) is 0.749. The molecule has 1 saturated heterocycles. The molecule has 16 heavy (non-hydrogen) atoms. The monoisotopic (exact) mass is 229 g/mol. The fraction of sp³-hybridized carbons (Fsp3) is 1.00. The van der Waals surface area contributed by atoms with Crippen molar-refractivity contribution < 1.29 is 4.74 Å². The maximum Gasteiger partial charge on any atom is 0.0589 e. The second-order valence-corrected chi connectivity index (χ2v) is 5.70. The van der Waals surface area contributed by atoms with Crippen LogP contribution in [0, 0.1) is 5.41 Å². The van der Waals surface area contributed by atoms with Crippen LogP contribution in [0.3, 0.4) is 0 Å². The molecule has 1 rings (SSSR count). The van der Waals surface area contributed by atoms with Crippen LogP contribution < -0.4 is 5.73 Å². The van der Waals surface area contributed by atoms with Gasteiger partial charge in [-0.05, 0) is 12.5 Å². The van der Waals surface area contributed by atoms with Gasteiger partial charge in [0.1, 0.15) is 0 Å². The lowest BCUT2D eigenvalue weighted by Crippen LogP contribution is -2.44. The maximum absolute atomic E-state index is 5.84. The summed E-state index contributed by atoms with van der Waals surface area (Å²) in [5.41, 5.74) is 6.17. The zero-order chi connectivity index (χ0) is 12.2. The summed E-state index contributed by atoms with van der Waals surface area (Å²) in [6.45, 7) is 10.5. The van der Waals surface area contributed by atoms with Crippen LogP contribution in [-0.4, -0.2) is 69.3 Å². The van der Waals surface area contributed by atoms with Crippen LogP contribution in [0.25, 0.3) is 0 Å². The van der Waals surface area contributed by atoms with Gasteiger partial charge in [0.15, 0.2) is 0 Å². The molecular weight excluding hydrogens is 202 g/mol. The number of nitrogens with two attached hydrogens (primary N) is 1. The molecule has 0 amide bonds. The van der Waals surface area contributed by atoms with E-state index in [9.17, 15) is 0 Å². The molecule has 0 aromatic carbocycles. The van der Waals surface area contributed by atoms with Crippen LogP contribution in [-0.2, 0) is 4.74 Å². The Bertz CT molecular complexity index is 208. The van der Waals surface area contributed by atoms with Gasteiger partial charge in [0.2, 0.25) is 0 Å². The van der Waals surface area contributed by atoms with Gasteiger partial charge in [-0.25, -0.2) is 0 Å². The van der Waals surface area contributed by atoms with Gasteiger partial charge >= 0.3 is 0 Å². The van der Waals surface area contributed by atoms with Crippen LogP contribution in [0.15, 0.2) is 0 Å². The fourth-order valence-electron chi connectivity index (χ4n) is 2.61. The Labute approximate surface area is 99.7 Å². The highest BCUT2D eigenvalue weighted by molar-refractivity contribution is 4.87. The first-order valence-electron chi connectivity index (χ1n) is 6.10. The van der Waals surface area contributed by atoms with Gasteiger partial charge in [-0.1, -0.05) is 13.8 Å². The fourth-order valence-corrected chi connectivity index (χ4v) is 2.61. The molecule has 0 aromatic rings. The maximum atomic E-state index is 5.84. The van der Waals surface area contributed by atoms with Crippen molar-refractivity contribution in [2.24, 2.45) is 11.1 Å². The van der Waals surface area contributed by atoms with Gasteiger partial charge in [0.25, 0.3) is 0 Å². The molecule has 0 aliphatic carbocycles. The largest absolute Gasteiger partial charge is 0.383 e. The number of likely N-dealkylation sites (N-methyl/N-ethyl adjacent to an activating group) is 1. The lowest BCUT2D eigenvalue weighted by Gasteiger charge is -2.30. The van der Waals surface area contributed by atoms with Crippen LogP contribution >= 0.6 is 0 Å². The summed E-state index contributed by atoms with van der Waals surface area (Å²) in [5, 5.41) is 0. The third kappa shape index (κ3) is 4.01. The van der Waals surface area contributed by atoms with Crippen LogP contribution in [0.4, 0.5) is 0 Å². The molecule has 1 unspecified atom stereocenters. The third-order valence-electron chi connectivity index (χ3n) is 3.31. The second-order valence-electron chi connectivity index (χ2n) is 5.70. The SMILES string of the molecule is COCCN1CC(CN)N(C)CC(C)(C)C1. The molecule has 1 heterocycles. The summed E-state index contributed by atoms with van der Waals surface area (Å²) < 4.78 is 5.16. The van der Waals surface area contributed by atoms with Crippen molar-refractivity contribution in [1.29, 1.82) is 0 Å². The minimum Gasteiger partial charge on any atom is -0.383 e. The molecule has 0 aromatic heterocycles. The van der Waals surface area contributed by atoms with Gasteiger partial charge in [0, 0.05) is 45.9 Å². The highest BCUT2D eigenvalue weighted by Gasteiger charge is 2.31. The van der Waals surface area contributed by atoms with E-state index in [-0.39, 0.29) is 0 Å². The lowest BCUT2D eigenvalue weighted by molar-refractivity contribution is 0.127. The Morgan fingerprint density at radius 1 is 1.38 bits per heavy atom. The smallest absolute Gasteiger partial charge is 0.0589 e. The zero-order valence-electron chi connectivity index (χ0n) is 11.2. The average Bonchev–Trinajstić information content (AvgIpc) is 2.30. The van der Waals surface area contributed by atoms with Gasteiger partial charge in [0.05, 0.1) is 6.61 Å². The molecule has 1 aliphatic rings. The van der Waals surface area contributed by atoms with Crippen molar-refractivity contribution >= 4 is 0 Å². The summed E-state index contributed by atoms with van der Waals surface area (Å²) >= 11 is 0. The molecule has 1 fully saturated rings. The Balaban J connectivity index is 2.63. The van der Waals surface area contributed by atoms with E-state index in [1.807, 2.05) is 0 Å². The standard InChI is InChI=1S/C12H27N3O/c1-12(2)9-14(3)11(7-13)8-15(10-12)5-6-16-4/h11H,5-10,13H2,1-4H3. The third-order valence-corrected chi connectivity index (χ3v) is 3.31. The molecule has 0 radical (unpaired) electrons. The van der Waals surface area contributed by atoms with Gasteiger partial charge in [-0.2, -0.15) is 0 Å². The second kappa shape index (κ2) is 5.96. The van der Waals surface area contributed by atoms with E-state index in [1.54, 1.807) is 7.11 Å². The summed E-state index contributed by atoms with van der Waals surface area (Å²) in [7, 11) is 3.94. The predicted octanol–water partition coefficient (Wildman–Crippen LogP) is 0.234. The number of hydrogen-bond acceptors (Lipinski definition) is 4. The number of ether oxygens (including phenoxy) is 1. The first-order valence-corrected chi connectivity index (χ1v) is 6.10.